The molecule has 0 saturated carbocycles. The van der Waals surface area contributed by atoms with Crippen molar-refractivity contribution in [3.05, 3.63) is 48.2 Å². The molecule has 1 fully saturated rings. The van der Waals surface area contributed by atoms with Crippen molar-refractivity contribution in [2.24, 2.45) is 12.8 Å². The maximum atomic E-state index is 12.2. The van der Waals surface area contributed by atoms with Gasteiger partial charge in [0.2, 0.25) is 11.8 Å². The minimum absolute atomic E-state index is 0.0674. The number of primary amides is 1. The molecule has 4 rings (SSSR count). The number of carbonyl (C=O) groups excluding carboxylic acids is 2. The van der Waals surface area contributed by atoms with Crippen LogP contribution in [-0.4, -0.2) is 59.4 Å². The largest absolute Gasteiger partial charge is 0.493 e. The molecule has 0 unspecified atom stereocenters. The smallest absolute Gasteiger partial charge is 0.248 e. The van der Waals surface area contributed by atoms with Crippen LogP contribution in [-0.2, 0) is 16.6 Å². The summed E-state index contributed by atoms with van der Waals surface area (Å²) in [5.41, 5.74) is 6.54. The van der Waals surface area contributed by atoms with E-state index >= 15 is 0 Å². The Hall–Kier alpha value is -3.59. The highest BCUT2D eigenvalue weighted by Gasteiger charge is 2.17. The Labute approximate surface area is 179 Å². The molecule has 1 saturated heterocycles. The Kier molecular flexibility index (Phi) is 6.03. The van der Waals surface area contributed by atoms with Gasteiger partial charge in [0, 0.05) is 31.1 Å². The predicted molar refractivity (Wildman–Crippen MR) is 113 cm³/mol. The molecule has 31 heavy (non-hydrogen) atoms. The van der Waals surface area contributed by atoms with E-state index in [1.165, 1.54) is 0 Å². The molecule has 0 aliphatic carbocycles. The molecule has 162 valence electrons. The van der Waals surface area contributed by atoms with Crippen molar-refractivity contribution >= 4 is 22.7 Å². The molecule has 1 aliphatic rings. The fraction of sp³-hybridized carbons (Fsp3) is 0.318. The van der Waals surface area contributed by atoms with E-state index in [-0.39, 0.29) is 5.91 Å². The van der Waals surface area contributed by atoms with Crippen molar-refractivity contribution < 1.29 is 23.8 Å². The summed E-state index contributed by atoms with van der Waals surface area (Å²) >= 11 is 0. The van der Waals surface area contributed by atoms with Gasteiger partial charge in [-0.25, -0.2) is 0 Å². The van der Waals surface area contributed by atoms with Gasteiger partial charge >= 0.3 is 0 Å². The summed E-state index contributed by atoms with van der Waals surface area (Å²) in [4.78, 5) is 25.6. The molecule has 2 N–H and O–H groups in total. The maximum absolute atomic E-state index is 12.2. The predicted octanol–water partition coefficient (Wildman–Crippen LogP) is 2.09. The average molecular weight is 424 g/mol. The van der Waals surface area contributed by atoms with Crippen molar-refractivity contribution in [3.8, 4) is 17.2 Å². The van der Waals surface area contributed by atoms with E-state index in [2.05, 4.69) is 5.10 Å². The second-order valence-electron chi connectivity index (χ2n) is 7.21. The molecule has 2 heterocycles. The van der Waals surface area contributed by atoms with Crippen LogP contribution in [0.5, 0.6) is 17.2 Å². The minimum atomic E-state index is -0.536. The number of morpholine rings is 1. The van der Waals surface area contributed by atoms with Gasteiger partial charge in [-0.2, -0.15) is 5.10 Å². The summed E-state index contributed by atoms with van der Waals surface area (Å²) < 4.78 is 18.6. The molecule has 2 aromatic carbocycles. The highest BCUT2D eigenvalue weighted by atomic mass is 16.5. The topological polar surface area (TPSA) is 109 Å². The van der Waals surface area contributed by atoms with Crippen LogP contribution in [0.1, 0.15) is 16.8 Å². The molecule has 9 nitrogen and oxygen atoms in total. The molecule has 3 aromatic rings. The number of nitrogens with two attached hydrogens (primary N) is 1. The van der Waals surface area contributed by atoms with E-state index in [4.69, 9.17) is 19.9 Å². The van der Waals surface area contributed by atoms with Gasteiger partial charge in [0.15, 0.2) is 5.75 Å². The van der Waals surface area contributed by atoms with Crippen LogP contribution in [0.2, 0.25) is 0 Å². The second-order valence-corrected chi connectivity index (χ2v) is 7.21. The van der Waals surface area contributed by atoms with Gasteiger partial charge < -0.3 is 24.8 Å². The minimum Gasteiger partial charge on any atom is -0.493 e. The molecule has 0 bridgehead atoms. The molecule has 0 radical (unpaired) electrons. The number of hydrogen-bond acceptors (Lipinski definition) is 6. The summed E-state index contributed by atoms with van der Waals surface area (Å²) in [6.07, 6.45) is 1.97. The first-order chi connectivity index (χ1) is 15.0. The number of benzene rings is 2. The third-order valence-corrected chi connectivity index (χ3v) is 5.08. The van der Waals surface area contributed by atoms with Crippen molar-refractivity contribution in [2.75, 3.05) is 32.9 Å². The van der Waals surface area contributed by atoms with E-state index in [9.17, 15) is 9.59 Å². The third-order valence-electron chi connectivity index (χ3n) is 5.08. The Morgan fingerprint density at radius 1 is 1.13 bits per heavy atom. The van der Waals surface area contributed by atoms with Gasteiger partial charge in [0.25, 0.3) is 0 Å². The summed E-state index contributed by atoms with van der Waals surface area (Å²) in [6.45, 7) is 2.73. The van der Waals surface area contributed by atoms with Crippen LogP contribution in [0.3, 0.4) is 0 Å². The summed E-state index contributed by atoms with van der Waals surface area (Å²) in [7, 11) is 1.80. The normalized spacial score (nSPS) is 13.9. The lowest BCUT2D eigenvalue weighted by atomic mass is 10.1. The highest BCUT2D eigenvalue weighted by Crippen LogP contribution is 2.32. The van der Waals surface area contributed by atoms with Crippen molar-refractivity contribution in [1.82, 2.24) is 14.7 Å². The zero-order valence-electron chi connectivity index (χ0n) is 17.2. The SMILES string of the molecule is Cn1ncc2cc(C(N)=O)cc(Oc3ccc(OCCC(=O)N4CCOCC4)cc3)c21. The number of aromatic nitrogens is 2. The molecule has 2 amide bonds. The van der Waals surface area contributed by atoms with Gasteiger partial charge in [0.1, 0.15) is 17.0 Å². The first kappa shape index (κ1) is 20.7. The molecular formula is C22H24N4O5. The average Bonchev–Trinajstić information content (AvgIpc) is 3.16. The third kappa shape index (κ3) is 4.77. The van der Waals surface area contributed by atoms with Gasteiger partial charge in [-0.3, -0.25) is 14.3 Å². The number of hydrogen-bond donors (Lipinski definition) is 1. The van der Waals surface area contributed by atoms with Crippen molar-refractivity contribution in [2.45, 2.75) is 6.42 Å². The second kappa shape index (κ2) is 9.05. The van der Waals surface area contributed by atoms with Crippen LogP contribution in [0, 0.1) is 0 Å². The van der Waals surface area contributed by atoms with Gasteiger partial charge in [-0.05, 0) is 36.4 Å². The fourth-order valence-corrected chi connectivity index (χ4v) is 3.46. The summed E-state index contributed by atoms with van der Waals surface area (Å²) in [6, 6.07) is 10.4. The molecule has 9 heteroatoms. The highest BCUT2D eigenvalue weighted by molar-refractivity contribution is 5.99. The number of carbonyl (C=O) groups is 2. The number of ether oxygens (including phenoxy) is 3. The number of nitrogens with zero attached hydrogens (tertiary/aromatic N) is 3. The fourth-order valence-electron chi connectivity index (χ4n) is 3.46. The Morgan fingerprint density at radius 3 is 2.55 bits per heavy atom. The van der Waals surface area contributed by atoms with Gasteiger partial charge in [-0.15, -0.1) is 0 Å². The van der Waals surface area contributed by atoms with E-state index < -0.39 is 5.91 Å². The molecule has 1 aliphatic heterocycles. The first-order valence-electron chi connectivity index (χ1n) is 10.0. The number of fused-ring (bicyclic) bond motifs is 1. The molecule has 1 aromatic heterocycles. The Morgan fingerprint density at radius 2 is 1.84 bits per heavy atom. The standard InChI is InChI=1S/C22H24N4O5/c1-25-21-16(14-24-25)12-15(22(23)28)13-19(21)31-18-4-2-17(3-5-18)30-9-6-20(27)26-7-10-29-11-8-26/h2-5,12-14H,6-11H2,1H3,(H2,23,28). The van der Waals surface area contributed by atoms with Gasteiger partial charge in [-0.1, -0.05) is 0 Å². The van der Waals surface area contributed by atoms with E-state index in [0.29, 0.717) is 62.1 Å². The zero-order valence-corrected chi connectivity index (χ0v) is 17.2. The number of amides is 2. The number of aryl methyl sites for hydroxylation is 1. The van der Waals surface area contributed by atoms with Gasteiger partial charge in [0.05, 0.1) is 32.4 Å². The van der Waals surface area contributed by atoms with Crippen LogP contribution >= 0.6 is 0 Å². The van der Waals surface area contributed by atoms with Crippen LogP contribution in [0.4, 0.5) is 0 Å². The quantitative estimate of drug-likeness (QED) is 0.622. The maximum Gasteiger partial charge on any atom is 0.248 e. The zero-order chi connectivity index (χ0) is 21.8. The Balaban J connectivity index is 1.39. The monoisotopic (exact) mass is 424 g/mol. The van der Waals surface area contributed by atoms with E-state index in [1.54, 1.807) is 59.2 Å². The molecule has 0 atom stereocenters. The Bertz CT molecular complexity index is 1090. The lowest BCUT2D eigenvalue weighted by molar-refractivity contribution is -0.135. The van der Waals surface area contributed by atoms with Crippen molar-refractivity contribution in [1.29, 1.82) is 0 Å². The van der Waals surface area contributed by atoms with Crippen molar-refractivity contribution in [3.63, 3.8) is 0 Å². The lowest BCUT2D eigenvalue weighted by Gasteiger charge is -2.26. The summed E-state index contributed by atoms with van der Waals surface area (Å²) in [5, 5.41) is 4.98. The summed E-state index contributed by atoms with van der Waals surface area (Å²) in [5.74, 6) is 1.22. The van der Waals surface area contributed by atoms with E-state index in [0.717, 1.165) is 10.9 Å². The molecular weight excluding hydrogens is 400 g/mol. The van der Waals surface area contributed by atoms with E-state index in [1.807, 2.05) is 0 Å². The molecule has 0 spiro atoms. The van der Waals surface area contributed by atoms with Crippen LogP contribution < -0.4 is 15.2 Å². The lowest BCUT2D eigenvalue weighted by Crippen LogP contribution is -2.41. The van der Waals surface area contributed by atoms with Crippen LogP contribution in [0.25, 0.3) is 10.9 Å². The first-order valence-corrected chi connectivity index (χ1v) is 10.0. The van der Waals surface area contributed by atoms with Crippen LogP contribution in [0.15, 0.2) is 42.6 Å². The number of rotatable bonds is 7.